The Hall–Kier alpha value is -2.21. The van der Waals surface area contributed by atoms with Crippen molar-refractivity contribution in [2.75, 3.05) is 13.6 Å². The van der Waals surface area contributed by atoms with Crippen LogP contribution in [0.2, 0.25) is 0 Å². The Bertz CT molecular complexity index is 635. The first-order valence-electron chi connectivity index (χ1n) is 7.04. The number of hydrogen-bond acceptors (Lipinski definition) is 5. The quantitative estimate of drug-likeness (QED) is 0.924. The maximum Gasteiger partial charge on any atom is 0.230 e. The number of likely N-dealkylation sites (tertiary alicyclic amines) is 1. The fourth-order valence-corrected chi connectivity index (χ4v) is 2.46. The Labute approximate surface area is 122 Å². The van der Waals surface area contributed by atoms with Gasteiger partial charge in [-0.05, 0) is 12.0 Å². The van der Waals surface area contributed by atoms with Gasteiger partial charge in [-0.25, -0.2) is 0 Å². The maximum absolute atomic E-state index is 11.7. The highest BCUT2D eigenvalue weighted by Gasteiger charge is 2.28. The minimum Gasteiger partial charge on any atom is -0.346 e. The number of carbonyl (C=O) groups is 1. The Kier molecular flexibility index (Phi) is 3.70. The number of piperidine rings is 1. The van der Waals surface area contributed by atoms with E-state index < -0.39 is 0 Å². The number of carbonyl (C=O) groups excluding carboxylic acids is 1. The fourth-order valence-electron chi connectivity index (χ4n) is 2.46. The van der Waals surface area contributed by atoms with E-state index in [-0.39, 0.29) is 11.8 Å². The van der Waals surface area contributed by atoms with Crippen LogP contribution in [0.5, 0.6) is 0 Å². The molecule has 0 spiro atoms. The minimum absolute atomic E-state index is 0.0262. The summed E-state index contributed by atoms with van der Waals surface area (Å²) < 4.78 is 5.34. The van der Waals surface area contributed by atoms with Crippen LogP contribution >= 0.6 is 0 Å². The van der Waals surface area contributed by atoms with Gasteiger partial charge in [-0.1, -0.05) is 29.4 Å². The zero-order valence-electron chi connectivity index (χ0n) is 12.0. The molecule has 0 aliphatic carbocycles. The molecule has 2 heterocycles. The summed E-state index contributed by atoms with van der Waals surface area (Å²) in [7, 11) is 1.82. The van der Waals surface area contributed by atoms with E-state index in [1.54, 1.807) is 4.90 Å². The largest absolute Gasteiger partial charge is 0.346 e. The number of aromatic nitrogens is 2. The van der Waals surface area contributed by atoms with Gasteiger partial charge in [0.25, 0.3) is 0 Å². The van der Waals surface area contributed by atoms with Gasteiger partial charge in [0.2, 0.25) is 17.6 Å². The van der Waals surface area contributed by atoms with Gasteiger partial charge in [0.05, 0.1) is 0 Å². The third kappa shape index (κ3) is 2.80. The van der Waals surface area contributed by atoms with E-state index in [9.17, 15) is 4.79 Å². The summed E-state index contributed by atoms with van der Waals surface area (Å²) in [4.78, 5) is 17.9. The first kappa shape index (κ1) is 13.8. The third-order valence-electron chi connectivity index (χ3n) is 3.90. The second kappa shape index (κ2) is 5.65. The highest BCUT2D eigenvalue weighted by atomic mass is 16.5. The monoisotopic (exact) mass is 286 g/mol. The van der Waals surface area contributed by atoms with Crippen molar-refractivity contribution in [3.63, 3.8) is 0 Å². The molecule has 1 atom stereocenters. The van der Waals surface area contributed by atoms with E-state index in [1.807, 2.05) is 31.3 Å². The fraction of sp³-hybridized carbons (Fsp3) is 0.400. The van der Waals surface area contributed by atoms with Crippen LogP contribution in [0.15, 0.2) is 28.8 Å². The molecule has 2 N–H and O–H groups in total. The standard InChI is InChI=1S/C15H18N4O2/c1-19-7-6-12(8-13(19)20)15-17-14(18-21-15)11-4-2-10(9-16)3-5-11/h2-5,12H,6-9,16H2,1H3. The molecular formula is C15H18N4O2. The molecule has 21 heavy (non-hydrogen) atoms. The van der Waals surface area contributed by atoms with Gasteiger partial charge in [-0.15, -0.1) is 0 Å². The van der Waals surface area contributed by atoms with Crippen molar-refractivity contribution < 1.29 is 9.32 Å². The molecule has 1 aromatic heterocycles. The van der Waals surface area contributed by atoms with Gasteiger partial charge in [-0.2, -0.15) is 4.98 Å². The lowest BCUT2D eigenvalue weighted by Gasteiger charge is -2.26. The van der Waals surface area contributed by atoms with E-state index in [2.05, 4.69) is 10.1 Å². The summed E-state index contributed by atoms with van der Waals surface area (Å²) in [6, 6.07) is 7.75. The van der Waals surface area contributed by atoms with Crippen LogP contribution in [0, 0.1) is 0 Å². The molecular weight excluding hydrogens is 268 g/mol. The van der Waals surface area contributed by atoms with Gasteiger partial charge in [-0.3, -0.25) is 4.79 Å². The number of hydrogen-bond donors (Lipinski definition) is 1. The van der Waals surface area contributed by atoms with Crippen molar-refractivity contribution in [3.05, 3.63) is 35.7 Å². The Morgan fingerprint density at radius 1 is 1.38 bits per heavy atom. The first-order chi connectivity index (χ1) is 10.2. The molecule has 1 saturated heterocycles. The molecule has 0 radical (unpaired) electrons. The van der Waals surface area contributed by atoms with Crippen LogP contribution in [0.3, 0.4) is 0 Å². The summed E-state index contributed by atoms with van der Waals surface area (Å²) in [6.07, 6.45) is 1.29. The first-order valence-corrected chi connectivity index (χ1v) is 7.04. The van der Waals surface area contributed by atoms with E-state index in [1.165, 1.54) is 0 Å². The van der Waals surface area contributed by atoms with E-state index >= 15 is 0 Å². The van der Waals surface area contributed by atoms with Crippen LogP contribution in [-0.4, -0.2) is 34.5 Å². The number of rotatable bonds is 3. The molecule has 1 aromatic carbocycles. The van der Waals surface area contributed by atoms with Crippen molar-refractivity contribution >= 4 is 5.91 Å². The highest BCUT2D eigenvalue weighted by molar-refractivity contribution is 5.77. The zero-order valence-corrected chi connectivity index (χ0v) is 12.0. The molecule has 1 amide bonds. The van der Waals surface area contributed by atoms with E-state index in [0.717, 1.165) is 24.1 Å². The normalized spacial score (nSPS) is 19.0. The second-order valence-corrected chi connectivity index (χ2v) is 5.36. The smallest absolute Gasteiger partial charge is 0.230 e. The van der Waals surface area contributed by atoms with Crippen LogP contribution in [0.4, 0.5) is 0 Å². The van der Waals surface area contributed by atoms with Crippen molar-refractivity contribution in [3.8, 4) is 11.4 Å². The van der Waals surface area contributed by atoms with E-state index in [0.29, 0.717) is 24.7 Å². The lowest BCUT2D eigenvalue weighted by atomic mass is 9.96. The number of amides is 1. The number of nitrogens with two attached hydrogens (primary N) is 1. The summed E-state index contributed by atoms with van der Waals surface area (Å²) in [6.45, 7) is 1.24. The van der Waals surface area contributed by atoms with Gasteiger partial charge >= 0.3 is 0 Å². The van der Waals surface area contributed by atoms with Gasteiger partial charge in [0.15, 0.2) is 0 Å². The van der Waals surface area contributed by atoms with Gasteiger partial charge in [0, 0.05) is 38.0 Å². The van der Waals surface area contributed by atoms with Crippen LogP contribution in [0.25, 0.3) is 11.4 Å². The van der Waals surface area contributed by atoms with Gasteiger partial charge < -0.3 is 15.2 Å². The van der Waals surface area contributed by atoms with Crippen LogP contribution in [0.1, 0.15) is 30.2 Å². The average molecular weight is 286 g/mol. The van der Waals surface area contributed by atoms with Crippen LogP contribution < -0.4 is 5.73 Å². The highest BCUT2D eigenvalue weighted by Crippen LogP contribution is 2.28. The number of nitrogens with zero attached hydrogens (tertiary/aromatic N) is 3. The van der Waals surface area contributed by atoms with Crippen molar-refractivity contribution in [2.24, 2.45) is 5.73 Å². The summed E-state index contributed by atoms with van der Waals surface area (Å²) >= 11 is 0. The Balaban J connectivity index is 1.78. The molecule has 6 heteroatoms. The molecule has 6 nitrogen and oxygen atoms in total. The molecule has 1 aliphatic heterocycles. The zero-order chi connectivity index (χ0) is 14.8. The Morgan fingerprint density at radius 3 is 2.81 bits per heavy atom. The predicted molar refractivity (Wildman–Crippen MR) is 77.2 cm³/mol. The van der Waals surface area contributed by atoms with Crippen LogP contribution in [-0.2, 0) is 11.3 Å². The predicted octanol–water partition coefficient (Wildman–Crippen LogP) is 1.53. The van der Waals surface area contributed by atoms with Crippen molar-refractivity contribution in [1.29, 1.82) is 0 Å². The Morgan fingerprint density at radius 2 is 2.14 bits per heavy atom. The summed E-state index contributed by atoms with van der Waals surface area (Å²) in [5, 5.41) is 4.02. The molecule has 110 valence electrons. The molecule has 1 aliphatic rings. The molecule has 3 rings (SSSR count). The lowest BCUT2D eigenvalue weighted by Crippen LogP contribution is -2.34. The number of benzene rings is 1. The molecule has 1 unspecified atom stereocenters. The molecule has 0 bridgehead atoms. The molecule has 2 aromatic rings. The van der Waals surface area contributed by atoms with Crippen molar-refractivity contribution in [2.45, 2.75) is 25.3 Å². The average Bonchev–Trinajstić information content (AvgIpc) is 3.00. The molecule has 0 saturated carbocycles. The topological polar surface area (TPSA) is 85.2 Å². The van der Waals surface area contributed by atoms with Gasteiger partial charge in [0.1, 0.15) is 0 Å². The SMILES string of the molecule is CN1CCC(c2nc(-c3ccc(CN)cc3)no2)CC1=O. The third-order valence-corrected chi connectivity index (χ3v) is 3.90. The maximum atomic E-state index is 11.7. The summed E-state index contributed by atoms with van der Waals surface area (Å²) in [5.41, 5.74) is 7.53. The second-order valence-electron chi connectivity index (χ2n) is 5.36. The summed E-state index contributed by atoms with van der Waals surface area (Å²) in [5.74, 6) is 1.26. The lowest BCUT2D eigenvalue weighted by molar-refractivity contribution is -0.132. The minimum atomic E-state index is 0.0262. The molecule has 1 fully saturated rings. The van der Waals surface area contributed by atoms with E-state index in [4.69, 9.17) is 10.3 Å². The van der Waals surface area contributed by atoms with Crippen molar-refractivity contribution in [1.82, 2.24) is 15.0 Å².